The molecule has 2 unspecified atom stereocenters. The second kappa shape index (κ2) is 14.8. The van der Waals surface area contributed by atoms with Crippen molar-refractivity contribution in [3.8, 4) is 0 Å². The maximum Gasteiger partial charge on any atom is 0.315 e. The Morgan fingerprint density at radius 1 is 1.02 bits per heavy atom. The predicted octanol–water partition coefficient (Wildman–Crippen LogP) is 3.04. The van der Waals surface area contributed by atoms with E-state index in [0.29, 0.717) is 19.4 Å². The van der Waals surface area contributed by atoms with E-state index >= 15 is 0 Å². The number of nitrogens with two attached hydrogens (primary N) is 1. The number of piperidine rings is 1. The molecule has 0 aromatic heterocycles. The van der Waals surface area contributed by atoms with Crippen LogP contribution in [-0.4, -0.2) is 91.0 Å². The highest BCUT2D eigenvalue weighted by atomic mass is 32.2. The Kier molecular flexibility index (Phi) is 11.7. The largest absolute Gasteiger partial charge is 0.363 e. The molecule has 5 N–H and O–H groups in total. The summed E-state index contributed by atoms with van der Waals surface area (Å²) in [5.74, 6) is -2.73. The van der Waals surface area contributed by atoms with Crippen LogP contribution in [0.2, 0.25) is 0 Å². The van der Waals surface area contributed by atoms with Gasteiger partial charge in [-0.15, -0.1) is 0 Å². The number of sulfonamides is 1. The minimum Gasteiger partial charge on any atom is -0.363 e. The van der Waals surface area contributed by atoms with Crippen molar-refractivity contribution < 1.29 is 32.4 Å². The van der Waals surface area contributed by atoms with Gasteiger partial charge in [-0.3, -0.25) is 19.2 Å². The van der Waals surface area contributed by atoms with Crippen molar-refractivity contribution in [2.45, 2.75) is 116 Å². The van der Waals surface area contributed by atoms with Crippen LogP contribution in [0.5, 0.6) is 0 Å². The number of likely N-dealkylation sites (N-methyl/N-ethyl adjacent to an activating group) is 1. The number of amides is 5. The van der Waals surface area contributed by atoms with Gasteiger partial charge < -0.3 is 26.6 Å². The number of primary amides is 1. The van der Waals surface area contributed by atoms with Crippen LogP contribution in [0.3, 0.4) is 0 Å². The standard InChI is InChI=1S/C37H58N6O7S/c1-22(2)19-37(8,21-42(9)51(49,50)24-16-11-10-12-17-24)41-34(48)40-30(35(3,4)5)33(47)43-20-25-27(36(25,6)7)28(43)32(46)39-26(29(44)31(38)45)18-23-14-13-15-23/h10-12,16-17,22-23,25-28,30H,13-15,18-21H2,1-9H3,(H2,38,45)(H,39,46)(H2,40,41,48)/t25-,26?,27-,28-,30+,37?/m0/s1. The molecule has 4 rings (SSSR count). The summed E-state index contributed by atoms with van der Waals surface area (Å²) in [5, 5.41) is 8.65. The molecule has 1 saturated heterocycles. The van der Waals surface area contributed by atoms with Crippen LogP contribution in [0.25, 0.3) is 0 Å². The molecule has 1 aromatic rings. The molecule has 1 aliphatic heterocycles. The summed E-state index contributed by atoms with van der Waals surface area (Å²) >= 11 is 0. The second-order valence-electron chi connectivity index (χ2n) is 17.3. The number of hydrogen-bond donors (Lipinski definition) is 4. The average molecular weight is 731 g/mol. The van der Waals surface area contributed by atoms with Crippen LogP contribution in [0.15, 0.2) is 35.2 Å². The van der Waals surface area contributed by atoms with Gasteiger partial charge in [0.2, 0.25) is 27.6 Å². The minimum absolute atomic E-state index is 0.0250. The molecule has 2 saturated carbocycles. The van der Waals surface area contributed by atoms with Gasteiger partial charge in [0.25, 0.3) is 5.91 Å². The molecule has 13 nitrogen and oxygen atoms in total. The third-order valence-corrected chi connectivity index (χ3v) is 12.9. The summed E-state index contributed by atoms with van der Waals surface area (Å²) in [6.07, 6.45) is 3.59. The fourth-order valence-electron chi connectivity index (χ4n) is 8.20. The number of carbonyl (C=O) groups is 5. The second-order valence-corrected chi connectivity index (χ2v) is 19.4. The summed E-state index contributed by atoms with van der Waals surface area (Å²) in [6, 6.07) is 4.41. The Labute approximate surface area is 303 Å². The summed E-state index contributed by atoms with van der Waals surface area (Å²) in [7, 11) is -2.37. The summed E-state index contributed by atoms with van der Waals surface area (Å²) in [4.78, 5) is 68.6. The number of hydrogen-bond acceptors (Lipinski definition) is 7. The summed E-state index contributed by atoms with van der Waals surface area (Å²) in [6.45, 7) is 15.6. The van der Waals surface area contributed by atoms with E-state index in [9.17, 15) is 32.4 Å². The van der Waals surface area contributed by atoms with Gasteiger partial charge in [-0.1, -0.05) is 85.9 Å². The zero-order valence-corrected chi connectivity index (χ0v) is 32.4. The van der Waals surface area contributed by atoms with E-state index in [1.165, 1.54) is 28.4 Å². The third-order valence-electron chi connectivity index (χ3n) is 11.1. The monoisotopic (exact) mass is 730 g/mol. The first kappa shape index (κ1) is 40.3. The number of carbonyl (C=O) groups excluding carboxylic acids is 5. The van der Waals surface area contributed by atoms with Crippen molar-refractivity contribution >= 4 is 39.6 Å². The molecule has 0 spiro atoms. The van der Waals surface area contributed by atoms with Crippen LogP contribution in [0.4, 0.5) is 4.79 Å². The molecule has 3 aliphatic rings. The Morgan fingerprint density at radius 2 is 1.63 bits per heavy atom. The summed E-state index contributed by atoms with van der Waals surface area (Å²) < 4.78 is 28.0. The summed E-state index contributed by atoms with van der Waals surface area (Å²) in [5.41, 5.74) is 3.34. The predicted molar refractivity (Wildman–Crippen MR) is 193 cm³/mol. The fourth-order valence-corrected chi connectivity index (χ4v) is 9.51. The molecular formula is C37H58N6O7S. The van der Waals surface area contributed by atoms with E-state index in [1.807, 2.05) is 48.5 Å². The first-order valence-electron chi connectivity index (χ1n) is 18.0. The van der Waals surface area contributed by atoms with Crippen molar-refractivity contribution in [1.82, 2.24) is 25.2 Å². The number of fused-ring (bicyclic) bond motifs is 1. The van der Waals surface area contributed by atoms with Crippen LogP contribution in [0, 0.1) is 34.5 Å². The smallest absolute Gasteiger partial charge is 0.315 e. The van der Waals surface area contributed by atoms with Gasteiger partial charge >= 0.3 is 6.03 Å². The molecule has 5 amide bonds. The topological polar surface area (TPSA) is 188 Å². The first-order chi connectivity index (χ1) is 23.5. The number of Topliss-reactive ketones (excluding diaryl/α,β-unsaturated/α-hetero) is 1. The van der Waals surface area contributed by atoms with Crippen molar-refractivity contribution in [2.75, 3.05) is 20.1 Å². The number of rotatable bonds is 15. The zero-order valence-electron chi connectivity index (χ0n) is 31.6. The van der Waals surface area contributed by atoms with E-state index in [0.717, 1.165) is 19.3 Å². The lowest BCUT2D eigenvalue weighted by Crippen LogP contribution is -2.63. The van der Waals surface area contributed by atoms with Gasteiger partial charge in [0.1, 0.15) is 12.1 Å². The van der Waals surface area contributed by atoms with Crippen molar-refractivity contribution in [3.05, 3.63) is 30.3 Å². The normalized spacial score (nSPS) is 23.7. The molecule has 0 bridgehead atoms. The molecule has 2 aliphatic carbocycles. The van der Waals surface area contributed by atoms with E-state index in [-0.39, 0.29) is 40.5 Å². The van der Waals surface area contributed by atoms with Crippen molar-refractivity contribution in [1.29, 1.82) is 0 Å². The van der Waals surface area contributed by atoms with Gasteiger partial charge in [0, 0.05) is 20.1 Å². The number of nitrogens with zero attached hydrogens (tertiary/aromatic N) is 2. The zero-order chi connectivity index (χ0) is 38.3. The molecule has 51 heavy (non-hydrogen) atoms. The average Bonchev–Trinajstić information content (AvgIpc) is 3.30. The van der Waals surface area contributed by atoms with E-state index in [4.69, 9.17) is 5.73 Å². The molecular weight excluding hydrogens is 673 g/mol. The maximum atomic E-state index is 14.5. The van der Waals surface area contributed by atoms with Crippen molar-refractivity contribution in [2.24, 2.45) is 40.2 Å². The van der Waals surface area contributed by atoms with Crippen LogP contribution < -0.4 is 21.7 Å². The highest BCUT2D eigenvalue weighted by Gasteiger charge is 2.70. The molecule has 1 aromatic carbocycles. The minimum atomic E-state index is -3.85. The molecule has 6 atom stereocenters. The van der Waals surface area contributed by atoms with E-state index in [2.05, 4.69) is 16.0 Å². The number of urea groups is 1. The molecule has 284 valence electrons. The van der Waals surface area contributed by atoms with Crippen molar-refractivity contribution in [3.63, 3.8) is 0 Å². The fraction of sp³-hybridized carbons (Fsp3) is 0.703. The Balaban J connectivity index is 1.54. The Hall–Kier alpha value is -3.52. The molecule has 1 heterocycles. The number of likely N-dealkylation sites (tertiary alicyclic amines) is 1. The highest BCUT2D eigenvalue weighted by Crippen LogP contribution is 2.65. The number of nitrogens with one attached hydrogen (secondary N) is 3. The lowest BCUT2D eigenvalue weighted by Gasteiger charge is -2.40. The van der Waals surface area contributed by atoms with Gasteiger partial charge in [-0.25, -0.2) is 13.2 Å². The van der Waals surface area contributed by atoms with Gasteiger partial charge in [-0.05, 0) is 66.4 Å². The number of benzene rings is 1. The quantitative estimate of drug-likeness (QED) is 0.200. The Bertz CT molecular complexity index is 1600. The third kappa shape index (κ3) is 8.93. The molecule has 0 radical (unpaired) electrons. The van der Waals surface area contributed by atoms with Crippen LogP contribution >= 0.6 is 0 Å². The van der Waals surface area contributed by atoms with Gasteiger partial charge in [-0.2, -0.15) is 4.31 Å². The van der Waals surface area contributed by atoms with E-state index < -0.39 is 68.6 Å². The lowest BCUT2D eigenvalue weighted by molar-refractivity contribution is -0.145. The van der Waals surface area contributed by atoms with Crippen LogP contribution in [0.1, 0.15) is 87.5 Å². The molecule has 3 fully saturated rings. The van der Waals surface area contributed by atoms with Crippen LogP contribution in [-0.2, 0) is 29.2 Å². The van der Waals surface area contributed by atoms with Gasteiger partial charge in [0.15, 0.2) is 0 Å². The number of ketones is 1. The molecule has 14 heteroatoms. The van der Waals surface area contributed by atoms with Gasteiger partial charge in [0.05, 0.1) is 16.5 Å². The lowest BCUT2D eigenvalue weighted by atomic mass is 9.80. The maximum absolute atomic E-state index is 14.5. The Morgan fingerprint density at radius 3 is 2.14 bits per heavy atom. The van der Waals surface area contributed by atoms with E-state index in [1.54, 1.807) is 25.1 Å². The SMILES string of the molecule is CC(C)CC(C)(CN(C)S(=O)(=O)c1ccccc1)NC(=O)N[C@H](C(=O)N1C[C@H]2[C@@H]([C@H]1C(=O)NC(CC1CCC1)C(=O)C(N)=O)C2(C)C)C(C)(C)C. The first-order valence-corrected chi connectivity index (χ1v) is 19.5. The highest BCUT2D eigenvalue weighted by molar-refractivity contribution is 7.89.